The summed E-state index contributed by atoms with van der Waals surface area (Å²) in [5, 5.41) is 21.0. The van der Waals surface area contributed by atoms with Crippen molar-refractivity contribution in [2.24, 2.45) is 22.7 Å². The molecule has 3 rings (SSSR count). The molecule has 2 saturated carbocycles. The van der Waals surface area contributed by atoms with Gasteiger partial charge in [0.05, 0.1) is 12.2 Å². The van der Waals surface area contributed by atoms with Crippen molar-refractivity contribution in [2.45, 2.75) is 39.4 Å². The molecule has 3 nitrogen and oxygen atoms in total. The quantitative estimate of drug-likeness (QED) is 0.638. The number of hydrogen-bond donors (Lipinski definition) is 2. The van der Waals surface area contributed by atoms with Crippen molar-refractivity contribution >= 4 is 5.78 Å². The number of carbonyl (C=O) groups excluding carboxylic acids is 1. The van der Waals surface area contributed by atoms with Crippen molar-refractivity contribution in [3.05, 3.63) is 23.8 Å². The molecule has 3 aliphatic carbocycles. The zero-order valence-corrected chi connectivity index (χ0v) is 11.1. The van der Waals surface area contributed by atoms with Gasteiger partial charge in [-0.05, 0) is 29.4 Å². The largest absolute Gasteiger partial charge is 0.392 e. The molecule has 0 aromatic heterocycles. The highest BCUT2D eigenvalue weighted by molar-refractivity contribution is 6.09. The third kappa shape index (κ3) is 1.10. The Kier molecular flexibility index (Phi) is 2.12. The van der Waals surface area contributed by atoms with Crippen LogP contribution in [0.25, 0.3) is 0 Å². The summed E-state index contributed by atoms with van der Waals surface area (Å²) in [5.41, 5.74) is 0.536. The van der Waals surface area contributed by atoms with Crippen molar-refractivity contribution in [1.82, 2.24) is 0 Å². The lowest BCUT2D eigenvalue weighted by atomic mass is 9.70. The minimum atomic E-state index is -0.611. The van der Waals surface area contributed by atoms with E-state index in [-0.39, 0.29) is 23.0 Å². The van der Waals surface area contributed by atoms with E-state index in [1.165, 1.54) is 6.08 Å². The van der Waals surface area contributed by atoms with Gasteiger partial charge in [0.25, 0.3) is 0 Å². The summed E-state index contributed by atoms with van der Waals surface area (Å²) in [6.45, 7) is 9.90. The van der Waals surface area contributed by atoms with Gasteiger partial charge in [0.1, 0.15) is 0 Å². The molecule has 2 N–H and O–H groups in total. The van der Waals surface area contributed by atoms with Gasteiger partial charge in [0.15, 0.2) is 5.78 Å². The lowest BCUT2D eigenvalue weighted by molar-refractivity contribution is -0.111. The smallest absolute Gasteiger partial charge is 0.182 e. The molecule has 98 valence electrons. The van der Waals surface area contributed by atoms with Crippen molar-refractivity contribution in [2.75, 3.05) is 0 Å². The summed E-state index contributed by atoms with van der Waals surface area (Å²) in [4.78, 5) is 11.8. The lowest BCUT2D eigenvalue weighted by Crippen LogP contribution is -2.37. The maximum atomic E-state index is 11.8. The van der Waals surface area contributed by atoms with Gasteiger partial charge in [0, 0.05) is 16.9 Å². The minimum Gasteiger partial charge on any atom is -0.392 e. The van der Waals surface area contributed by atoms with E-state index in [0.717, 1.165) is 12.0 Å². The average Bonchev–Trinajstić information content (AvgIpc) is 2.73. The van der Waals surface area contributed by atoms with Crippen molar-refractivity contribution < 1.29 is 15.0 Å². The number of carbonyl (C=O) groups is 1. The summed E-state index contributed by atoms with van der Waals surface area (Å²) >= 11 is 0. The van der Waals surface area contributed by atoms with E-state index in [9.17, 15) is 15.0 Å². The molecule has 0 unspecified atom stereocenters. The van der Waals surface area contributed by atoms with Crippen LogP contribution in [0.15, 0.2) is 23.8 Å². The van der Waals surface area contributed by atoms with E-state index >= 15 is 0 Å². The van der Waals surface area contributed by atoms with E-state index in [2.05, 4.69) is 6.58 Å². The standard InChI is InChI=1S/C15H20O3/c1-7-10(16)5-9-12(17)8-6-14(2,3)13(18)11(8)15(7,9)4/h5,8,11-13,17-18H,1,6H2,2-4H3/t8-,11-,12-,13+,15+/m0/s1. The molecule has 0 aromatic carbocycles. The molecule has 3 heteroatoms. The van der Waals surface area contributed by atoms with Crippen LogP contribution >= 0.6 is 0 Å². The molecular weight excluding hydrogens is 228 g/mol. The second kappa shape index (κ2) is 3.14. The van der Waals surface area contributed by atoms with E-state index < -0.39 is 17.6 Å². The normalized spacial score (nSPS) is 49.3. The molecule has 2 fully saturated rings. The predicted molar refractivity (Wildman–Crippen MR) is 67.7 cm³/mol. The number of hydrogen-bond acceptors (Lipinski definition) is 3. The van der Waals surface area contributed by atoms with Crippen LogP contribution in [0.2, 0.25) is 0 Å². The maximum absolute atomic E-state index is 11.8. The SMILES string of the molecule is C=C1C(=O)C=C2[C@@H](O)[C@H]3CC(C)(C)[C@H](O)[C@H]3[C@]12C. The Hall–Kier alpha value is -0.930. The minimum absolute atomic E-state index is 0.0381. The van der Waals surface area contributed by atoms with Gasteiger partial charge in [-0.25, -0.2) is 0 Å². The Morgan fingerprint density at radius 2 is 1.94 bits per heavy atom. The summed E-state index contributed by atoms with van der Waals surface area (Å²) in [7, 11) is 0. The fraction of sp³-hybridized carbons (Fsp3) is 0.667. The number of allylic oxidation sites excluding steroid dienone is 2. The van der Waals surface area contributed by atoms with E-state index in [0.29, 0.717) is 5.57 Å². The summed E-state index contributed by atoms with van der Waals surface area (Å²) in [6, 6.07) is 0. The number of aliphatic hydroxyl groups excluding tert-OH is 2. The molecule has 0 amide bonds. The first kappa shape index (κ1) is 12.1. The third-order valence-electron chi connectivity index (χ3n) is 5.57. The Morgan fingerprint density at radius 3 is 2.56 bits per heavy atom. The highest BCUT2D eigenvalue weighted by Crippen LogP contribution is 2.66. The Bertz CT molecular complexity index is 488. The number of aliphatic hydroxyl groups is 2. The first-order valence-electron chi connectivity index (χ1n) is 6.53. The first-order valence-corrected chi connectivity index (χ1v) is 6.53. The van der Waals surface area contributed by atoms with Crippen LogP contribution in [-0.2, 0) is 4.79 Å². The fourth-order valence-electron chi connectivity index (χ4n) is 4.45. The molecule has 0 radical (unpaired) electrons. The highest BCUT2D eigenvalue weighted by Gasteiger charge is 2.66. The monoisotopic (exact) mass is 248 g/mol. The van der Waals surface area contributed by atoms with E-state index in [1.807, 2.05) is 20.8 Å². The van der Waals surface area contributed by atoms with Crippen LogP contribution in [0.5, 0.6) is 0 Å². The van der Waals surface area contributed by atoms with Gasteiger partial charge >= 0.3 is 0 Å². The lowest BCUT2D eigenvalue weighted by Gasteiger charge is -2.35. The van der Waals surface area contributed by atoms with Crippen molar-refractivity contribution in [3.63, 3.8) is 0 Å². The predicted octanol–water partition coefficient (Wildman–Crippen LogP) is 1.46. The van der Waals surface area contributed by atoms with Gasteiger partial charge in [-0.2, -0.15) is 0 Å². The second-order valence-electron chi connectivity index (χ2n) is 6.92. The fourth-order valence-corrected chi connectivity index (χ4v) is 4.45. The molecule has 18 heavy (non-hydrogen) atoms. The number of fused-ring (bicyclic) bond motifs is 3. The Labute approximate surface area is 107 Å². The topological polar surface area (TPSA) is 57.5 Å². The Morgan fingerprint density at radius 1 is 1.33 bits per heavy atom. The third-order valence-corrected chi connectivity index (χ3v) is 5.57. The van der Waals surface area contributed by atoms with Crippen LogP contribution < -0.4 is 0 Å². The van der Waals surface area contributed by atoms with Crippen LogP contribution in [0, 0.1) is 22.7 Å². The molecule has 0 aromatic rings. The molecule has 0 saturated heterocycles. The van der Waals surface area contributed by atoms with Gasteiger partial charge in [-0.3, -0.25) is 4.79 Å². The Balaban J connectivity index is 2.15. The van der Waals surface area contributed by atoms with Crippen LogP contribution in [-0.4, -0.2) is 28.2 Å². The van der Waals surface area contributed by atoms with Crippen LogP contribution in [0.1, 0.15) is 27.2 Å². The molecule has 0 bridgehead atoms. The van der Waals surface area contributed by atoms with Crippen LogP contribution in [0.4, 0.5) is 0 Å². The second-order valence-corrected chi connectivity index (χ2v) is 6.92. The molecule has 5 atom stereocenters. The summed E-state index contributed by atoms with van der Waals surface area (Å²) in [5.74, 6) is -0.147. The number of ketones is 1. The molecule has 3 aliphatic rings. The molecule has 0 heterocycles. The molecular formula is C15H20O3. The molecule has 0 aliphatic heterocycles. The van der Waals surface area contributed by atoms with Crippen molar-refractivity contribution in [1.29, 1.82) is 0 Å². The zero-order valence-electron chi connectivity index (χ0n) is 11.1. The molecule has 0 spiro atoms. The highest BCUT2D eigenvalue weighted by atomic mass is 16.3. The van der Waals surface area contributed by atoms with E-state index in [1.54, 1.807) is 0 Å². The summed E-state index contributed by atoms with van der Waals surface area (Å²) < 4.78 is 0. The van der Waals surface area contributed by atoms with Gasteiger partial charge in [-0.15, -0.1) is 0 Å². The van der Waals surface area contributed by atoms with E-state index in [4.69, 9.17) is 0 Å². The average molecular weight is 248 g/mol. The summed E-state index contributed by atoms with van der Waals surface area (Å²) in [6.07, 6.45) is 1.20. The van der Waals surface area contributed by atoms with Crippen molar-refractivity contribution in [3.8, 4) is 0 Å². The van der Waals surface area contributed by atoms with Crippen LogP contribution in [0.3, 0.4) is 0 Å². The zero-order chi connectivity index (χ0) is 13.5. The van der Waals surface area contributed by atoms with Gasteiger partial charge < -0.3 is 10.2 Å². The van der Waals surface area contributed by atoms with Gasteiger partial charge in [0.2, 0.25) is 0 Å². The maximum Gasteiger partial charge on any atom is 0.182 e. The first-order chi connectivity index (χ1) is 8.21. The number of rotatable bonds is 0. The van der Waals surface area contributed by atoms with Gasteiger partial charge in [-0.1, -0.05) is 27.4 Å².